The molecule has 0 radical (unpaired) electrons. The number of alkyl halides is 3. The summed E-state index contributed by atoms with van der Waals surface area (Å²) in [6, 6.07) is 11.7. The number of ether oxygens (including phenoxy) is 1. The SMILES string of the molecule is C=C(C)c1ccc2c(C(CC)(CC)OC(C)C(C)(O)C(F)(F)F)cccc2c1. The first-order valence-electron chi connectivity index (χ1n) is 9.55. The van der Waals surface area contributed by atoms with Crippen molar-refractivity contribution in [2.45, 2.75) is 70.9 Å². The van der Waals surface area contributed by atoms with Gasteiger partial charge in [-0.1, -0.05) is 56.3 Å². The monoisotopic (exact) mass is 394 g/mol. The largest absolute Gasteiger partial charge is 0.419 e. The molecule has 0 aromatic heterocycles. The van der Waals surface area contributed by atoms with Gasteiger partial charge < -0.3 is 9.84 Å². The van der Waals surface area contributed by atoms with E-state index in [9.17, 15) is 18.3 Å². The van der Waals surface area contributed by atoms with Gasteiger partial charge in [0.25, 0.3) is 0 Å². The maximum Gasteiger partial charge on any atom is 0.419 e. The van der Waals surface area contributed by atoms with E-state index in [-0.39, 0.29) is 0 Å². The zero-order chi connectivity index (χ0) is 21.3. The van der Waals surface area contributed by atoms with E-state index in [1.165, 1.54) is 6.92 Å². The van der Waals surface area contributed by atoms with Gasteiger partial charge in [-0.05, 0) is 61.6 Å². The molecule has 1 N–H and O–H groups in total. The number of halogens is 3. The third-order valence-corrected chi connectivity index (χ3v) is 5.77. The Hall–Kier alpha value is -1.85. The normalized spacial score (nSPS) is 16.0. The summed E-state index contributed by atoms with van der Waals surface area (Å²) in [5.41, 5.74) is -1.11. The molecule has 0 aliphatic heterocycles. The number of aliphatic hydroxyl groups is 1. The van der Waals surface area contributed by atoms with Gasteiger partial charge in [-0.25, -0.2) is 0 Å². The summed E-state index contributed by atoms with van der Waals surface area (Å²) in [6.07, 6.45) is -5.27. The van der Waals surface area contributed by atoms with Crippen molar-refractivity contribution >= 4 is 16.3 Å². The van der Waals surface area contributed by atoms with Gasteiger partial charge in [-0.2, -0.15) is 13.2 Å². The highest BCUT2D eigenvalue weighted by atomic mass is 19.4. The number of benzene rings is 2. The standard InChI is InChI=1S/C23H29F3O2/c1-7-22(8-2,28-16(5)21(6,27)23(24,25)26)20-11-9-10-18-14-17(15(3)4)12-13-19(18)20/h9-14,16,27H,3,7-8H2,1-2,4-6H3. The van der Waals surface area contributed by atoms with Crippen molar-refractivity contribution in [3.8, 4) is 0 Å². The topological polar surface area (TPSA) is 29.5 Å². The van der Waals surface area contributed by atoms with Crippen LogP contribution in [0.5, 0.6) is 0 Å². The smallest absolute Gasteiger partial charge is 0.379 e. The Morgan fingerprint density at radius 2 is 1.75 bits per heavy atom. The molecule has 2 aromatic carbocycles. The molecule has 0 saturated heterocycles. The third kappa shape index (κ3) is 3.96. The van der Waals surface area contributed by atoms with Crippen molar-refractivity contribution in [3.63, 3.8) is 0 Å². The Morgan fingerprint density at radius 3 is 2.25 bits per heavy atom. The maximum absolute atomic E-state index is 13.3. The minimum Gasteiger partial charge on any atom is -0.379 e. The molecule has 0 bridgehead atoms. The Labute approximate surface area is 165 Å². The number of hydrogen-bond donors (Lipinski definition) is 1. The summed E-state index contributed by atoms with van der Waals surface area (Å²) < 4.78 is 45.9. The average molecular weight is 394 g/mol. The molecule has 0 fully saturated rings. The van der Waals surface area contributed by atoms with Crippen LogP contribution < -0.4 is 0 Å². The summed E-state index contributed by atoms with van der Waals surface area (Å²) in [4.78, 5) is 0. The van der Waals surface area contributed by atoms with E-state index >= 15 is 0 Å². The quantitative estimate of drug-likeness (QED) is 0.573. The van der Waals surface area contributed by atoms with Crippen LogP contribution in [0.15, 0.2) is 43.0 Å². The zero-order valence-corrected chi connectivity index (χ0v) is 17.2. The van der Waals surface area contributed by atoms with Crippen molar-refractivity contribution in [2.75, 3.05) is 0 Å². The molecule has 2 atom stereocenters. The Bertz CT molecular complexity index is 849. The second kappa shape index (κ2) is 7.88. The highest BCUT2D eigenvalue weighted by Gasteiger charge is 2.55. The van der Waals surface area contributed by atoms with E-state index in [1.807, 2.05) is 57.2 Å². The second-order valence-corrected chi connectivity index (χ2v) is 7.63. The minimum atomic E-state index is -4.78. The highest BCUT2D eigenvalue weighted by Crippen LogP contribution is 2.42. The highest BCUT2D eigenvalue weighted by molar-refractivity contribution is 5.89. The minimum absolute atomic E-state index is 0.475. The zero-order valence-electron chi connectivity index (χ0n) is 17.2. The van der Waals surface area contributed by atoms with Crippen LogP contribution in [0.2, 0.25) is 0 Å². The van der Waals surface area contributed by atoms with Crippen molar-refractivity contribution in [2.24, 2.45) is 0 Å². The van der Waals surface area contributed by atoms with Crippen LogP contribution in [0.4, 0.5) is 13.2 Å². The molecule has 0 aliphatic rings. The van der Waals surface area contributed by atoms with Crippen molar-refractivity contribution in [3.05, 3.63) is 54.1 Å². The molecule has 0 spiro atoms. The molecule has 5 heteroatoms. The Morgan fingerprint density at radius 1 is 1.14 bits per heavy atom. The fourth-order valence-electron chi connectivity index (χ4n) is 3.49. The van der Waals surface area contributed by atoms with E-state index in [0.717, 1.165) is 34.4 Å². The number of hydrogen-bond acceptors (Lipinski definition) is 2. The van der Waals surface area contributed by atoms with Crippen LogP contribution in [-0.4, -0.2) is 23.0 Å². The first-order valence-corrected chi connectivity index (χ1v) is 9.55. The van der Waals surface area contributed by atoms with E-state index < -0.39 is 23.5 Å². The van der Waals surface area contributed by atoms with Gasteiger partial charge >= 0.3 is 6.18 Å². The van der Waals surface area contributed by atoms with Crippen molar-refractivity contribution < 1.29 is 23.0 Å². The molecule has 2 aromatic rings. The van der Waals surface area contributed by atoms with Crippen LogP contribution in [0.1, 0.15) is 58.6 Å². The van der Waals surface area contributed by atoms with E-state index in [4.69, 9.17) is 4.74 Å². The average Bonchev–Trinajstić information content (AvgIpc) is 2.64. The van der Waals surface area contributed by atoms with Gasteiger partial charge in [0.2, 0.25) is 0 Å². The van der Waals surface area contributed by atoms with E-state index in [0.29, 0.717) is 12.8 Å². The molecule has 154 valence electrons. The third-order valence-electron chi connectivity index (χ3n) is 5.77. The Balaban J connectivity index is 2.58. The summed E-state index contributed by atoms with van der Waals surface area (Å²) in [7, 11) is 0. The molecule has 0 amide bonds. The van der Waals surface area contributed by atoms with Crippen LogP contribution in [0.3, 0.4) is 0 Å². The predicted octanol–water partition coefficient (Wildman–Crippen LogP) is 6.61. The number of allylic oxidation sites excluding steroid dienone is 1. The summed E-state index contributed by atoms with van der Waals surface area (Å²) in [5.74, 6) is 0. The fourth-order valence-corrected chi connectivity index (χ4v) is 3.49. The lowest BCUT2D eigenvalue weighted by Crippen LogP contribution is -2.54. The van der Waals surface area contributed by atoms with Gasteiger partial charge in [0.1, 0.15) is 0 Å². The van der Waals surface area contributed by atoms with Gasteiger partial charge in [0, 0.05) is 0 Å². The fraction of sp³-hybridized carbons (Fsp3) is 0.478. The summed E-state index contributed by atoms with van der Waals surface area (Å²) in [6.45, 7) is 11.7. The lowest BCUT2D eigenvalue weighted by molar-refractivity contribution is -0.301. The van der Waals surface area contributed by atoms with Gasteiger partial charge in [-0.3, -0.25) is 0 Å². The molecular weight excluding hydrogens is 365 g/mol. The number of fused-ring (bicyclic) bond motifs is 1. The second-order valence-electron chi connectivity index (χ2n) is 7.63. The van der Waals surface area contributed by atoms with Crippen molar-refractivity contribution in [1.29, 1.82) is 0 Å². The van der Waals surface area contributed by atoms with Crippen LogP contribution in [0.25, 0.3) is 16.3 Å². The summed E-state index contributed by atoms with van der Waals surface area (Å²) in [5, 5.41) is 12.0. The first kappa shape index (κ1) is 22.4. The van der Waals surface area contributed by atoms with Gasteiger partial charge in [0.05, 0.1) is 11.7 Å². The lowest BCUT2D eigenvalue weighted by atomic mass is 9.83. The molecule has 0 saturated carbocycles. The molecular formula is C23H29F3O2. The molecule has 0 heterocycles. The van der Waals surface area contributed by atoms with Gasteiger partial charge in [-0.15, -0.1) is 0 Å². The van der Waals surface area contributed by atoms with E-state index in [1.54, 1.807) is 0 Å². The van der Waals surface area contributed by atoms with Crippen LogP contribution in [0, 0.1) is 0 Å². The molecule has 0 aliphatic carbocycles. The van der Waals surface area contributed by atoms with Crippen LogP contribution in [-0.2, 0) is 10.3 Å². The molecule has 2 rings (SSSR count). The Kier molecular flexibility index (Phi) is 6.31. The molecule has 28 heavy (non-hydrogen) atoms. The maximum atomic E-state index is 13.3. The molecule has 2 nitrogen and oxygen atoms in total. The predicted molar refractivity (Wildman–Crippen MR) is 108 cm³/mol. The first-order chi connectivity index (χ1) is 12.9. The number of rotatable bonds is 7. The molecule has 2 unspecified atom stereocenters. The van der Waals surface area contributed by atoms with Gasteiger partial charge in [0.15, 0.2) is 5.60 Å². The van der Waals surface area contributed by atoms with Crippen LogP contribution >= 0.6 is 0 Å². The summed E-state index contributed by atoms with van der Waals surface area (Å²) >= 11 is 0. The lowest BCUT2D eigenvalue weighted by Gasteiger charge is -2.41. The van der Waals surface area contributed by atoms with Crippen molar-refractivity contribution in [1.82, 2.24) is 0 Å². The van der Waals surface area contributed by atoms with E-state index in [2.05, 4.69) is 6.58 Å².